The highest BCUT2D eigenvalue weighted by atomic mass is 32.1. The molecule has 1 aromatic carbocycles. The lowest BCUT2D eigenvalue weighted by Gasteiger charge is -2.37. The van der Waals surface area contributed by atoms with Crippen molar-refractivity contribution in [1.29, 1.82) is 0 Å². The van der Waals surface area contributed by atoms with Crippen molar-refractivity contribution >= 4 is 40.2 Å². The molecule has 0 spiro atoms. The summed E-state index contributed by atoms with van der Waals surface area (Å²) in [5, 5.41) is 4.16. The molecule has 8 heteroatoms. The van der Waals surface area contributed by atoms with Crippen LogP contribution in [0.3, 0.4) is 0 Å². The minimum absolute atomic E-state index is 0.0375. The van der Waals surface area contributed by atoms with E-state index in [9.17, 15) is 9.59 Å². The third kappa shape index (κ3) is 4.75. The monoisotopic (exact) mass is 455 g/mol. The van der Waals surface area contributed by atoms with Crippen LogP contribution >= 0.6 is 22.7 Å². The number of amides is 2. The molecule has 3 heterocycles. The Morgan fingerprint density at radius 2 is 1.97 bits per heavy atom. The molecule has 1 aliphatic heterocycles. The molecule has 0 saturated heterocycles. The third-order valence-corrected chi connectivity index (χ3v) is 7.41. The van der Waals surface area contributed by atoms with Crippen LogP contribution in [0.1, 0.15) is 27.8 Å². The van der Waals surface area contributed by atoms with Gasteiger partial charge in [-0.1, -0.05) is 6.07 Å². The van der Waals surface area contributed by atoms with Crippen LogP contribution in [0.4, 0.5) is 5.69 Å². The minimum atomic E-state index is -0.386. The van der Waals surface area contributed by atoms with Gasteiger partial charge in [-0.05, 0) is 59.1 Å². The minimum Gasteiger partial charge on any atom is -0.497 e. The van der Waals surface area contributed by atoms with Gasteiger partial charge in [0.15, 0.2) is 0 Å². The SMILES string of the molecule is COc1ccc(N(CCC(N)=O)CC(=O)N2CCc3sccc3C2c2cccs2)cc1. The maximum atomic E-state index is 13.5. The Balaban J connectivity index is 1.58. The highest BCUT2D eigenvalue weighted by Crippen LogP contribution is 2.39. The summed E-state index contributed by atoms with van der Waals surface area (Å²) >= 11 is 3.43. The van der Waals surface area contributed by atoms with Gasteiger partial charge in [0.05, 0.1) is 19.7 Å². The number of ether oxygens (including phenoxy) is 1. The third-order valence-electron chi connectivity index (χ3n) is 5.49. The van der Waals surface area contributed by atoms with Gasteiger partial charge in [0, 0.05) is 35.0 Å². The van der Waals surface area contributed by atoms with Gasteiger partial charge < -0.3 is 20.3 Å². The highest BCUT2D eigenvalue weighted by Gasteiger charge is 2.34. The summed E-state index contributed by atoms with van der Waals surface area (Å²) in [5.41, 5.74) is 7.47. The molecule has 162 valence electrons. The number of hydrogen-bond donors (Lipinski definition) is 1. The molecule has 0 saturated carbocycles. The average Bonchev–Trinajstić information content (AvgIpc) is 3.47. The summed E-state index contributed by atoms with van der Waals surface area (Å²) in [5.74, 6) is 0.391. The summed E-state index contributed by atoms with van der Waals surface area (Å²) in [6, 6.07) is 13.7. The normalized spacial score (nSPS) is 15.4. The van der Waals surface area contributed by atoms with Crippen molar-refractivity contribution in [2.45, 2.75) is 18.9 Å². The van der Waals surface area contributed by atoms with E-state index in [1.54, 1.807) is 29.8 Å². The predicted octanol–water partition coefficient (Wildman–Crippen LogP) is 3.67. The second-order valence-electron chi connectivity index (χ2n) is 7.39. The van der Waals surface area contributed by atoms with Crippen LogP contribution in [0, 0.1) is 0 Å². The Morgan fingerprint density at radius 1 is 1.16 bits per heavy atom. The Bertz CT molecular complexity index is 1030. The van der Waals surface area contributed by atoms with E-state index in [2.05, 4.69) is 22.9 Å². The zero-order valence-electron chi connectivity index (χ0n) is 17.3. The number of methoxy groups -OCH3 is 1. The van der Waals surface area contributed by atoms with Gasteiger partial charge in [0.25, 0.3) is 0 Å². The Hall–Kier alpha value is -2.84. The number of primary amides is 1. The van der Waals surface area contributed by atoms with E-state index >= 15 is 0 Å². The smallest absolute Gasteiger partial charge is 0.242 e. The first-order valence-corrected chi connectivity index (χ1v) is 11.9. The van der Waals surface area contributed by atoms with Gasteiger partial charge in [0.2, 0.25) is 11.8 Å². The van der Waals surface area contributed by atoms with E-state index in [0.29, 0.717) is 13.1 Å². The van der Waals surface area contributed by atoms with Crippen molar-refractivity contribution in [2.75, 3.05) is 31.6 Å². The lowest BCUT2D eigenvalue weighted by atomic mass is 9.98. The van der Waals surface area contributed by atoms with Crippen LogP contribution in [0.25, 0.3) is 0 Å². The van der Waals surface area contributed by atoms with Crippen molar-refractivity contribution in [3.05, 3.63) is 68.5 Å². The van der Waals surface area contributed by atoms with Crippen molar-refractivity contribution in [2.24, 2.45) is 5.73 Å². The standard InChI is InChI=1S/C23H25N3O3S2/c1-29-17-6-4-16(5-7-17)25(11-9-21(24)27)15-22(28)26-12-8-19-18(10-14-31-19)23(26)20-3-2-13-30-20/h2-7,10,13-14,23H,8-9,11-12,15H2,1H3,(H2,24,27). The van der Waals surface area contributed by atoms with E-state index < -0.39 is 0 Å². The molecule has 0 radical (unpaired) electrons. The van der Waals surface area contributed by atoms with Crippen LogP contribution < -0.4 is 15.4 Å². The Labute approximate surface area is 189 Å². The quantitative estimate of drug-likeness (QED) is 0.562. The Morgan fingerprint density at radius 3 is 2.65 bits per heavy atom. The van der Waals surface area contributed by atoms with Gasteiger partial charge in [-0.15, -0.1) is 22.7 Å². The highest BCUT2D eigenvalue weighted by molar-refractivity contribution is 7.10. The van der Waals surface area contributed by atoms with Gasteiger partial charge >= 0.3 is 0 Å². The molecule has 1 unspecified atom stereocenters. The average molecular weight is 456 g/mol. The largest absolute Gasteiger partial charge is 0.497 e. The zero-order chi connectivity index (χ0) is 21.8. The number of thiophene rings is 2. The number of anilines is 1. The summed E-state index contributed by atoms with van der Waals surface area (Å²) in [7, 11) is 1.61. The topological polar surface area (TPSA) is 75.9 Å². The first-order chi connectivity index (χ1) is 15.1. The fourth-order valence-electron chi connectivity index (χ4n) is 3.93. The lowest BCUT2D eigenvalue weighted by Crippen LogP contribution is -2.45. The summed E-state index contributed by atoms with van der Waals surface area (Å²) in [6.07, 6.45) is 1.05. The molecule has 0 aliphatic carbocycles. The molecular formula is C23H25N3O3S2. The molecule has 0 bridgehead atoms. The lowest BCUT2D eigenvalue weighted by molar-refractivity contribution is -0.131. The molecule has 1 atom stereocenters. The summed E-state index contributed by atoms with van der Waals surface area (Å²) in [6.45, 7) is 1.25. The molecule has 31 heavy (non-hydrogen) atoms. The van der Waals surface area contributed by atoms with E-state index in [-0.39, 0.29) is 30.8 Å². The van der Waals surface area contributed by atoms with Gasteiger partial charge in [-0.2, -0.15) is 0 Å². The summed E-state index contributed by atoms with van der Waals surface area (Å²) < 4.78 is 5.24. The number of hydrogen-bond acceptors (Lipinski definition) is 6. The number of nitrogens with zero attached hydrogens (tertiary/aromatic N) is 2. The number of fused-ring (bicyclic) bond motifs is 1. The maximum absolute atomic E-state index is 13.5. The molecule has 2 N–H and O–H groups in total. The second kappa shape index (κ2) is 9.53. The number of benzene rings is 1. The van der Waals surface area contributed by atoms with Crippen LogP contribution in [0.2, 0.25) is 0 Å². The van der Waals surface area contributed by atoms with Crippen molar-refractivity contribution in [1.82, 2.24) is 4.90 Å². The van der Waals surface area contributed by atoms with Crippen LogP contribution in [0.5, 0.6) is 5.75 Å². The van der Waals surface area contributed by atoms with E-state index in [0.717, 1.165) is 17.9 Å². The first kappa shape index (κ1) is 21.4. The second-order valence-corrected chi connectivity index (χ2v) is 9.37. The van der Waals surface area contributed by atoms with Gasteiger partial charge in [-0.3, -0.25) is 9.59 Å². The maximum Gasteiger partial charge on any atom is 0.242 e. The molecule has 3 aromatic rings. The predicted molar refractivity (Wildman–Crippen MR) is 125 cm³/mol. The van der Waals surface area contributed by atoms with E-state index in [4.69, 9.17) is 10.5 Å². The molecule has 4 rings (SSSR count). The van der Waals surface area contributed by atoms with Crippen LogP contribution in [0.15, 0.2) is 53.2 Å². The van der Waals surface area contributed by atoms with Gasteiger partial charge in [0.1, 0.15) is 5.75 Å². The molecule has 6 nitrogen and oxygen atoms in total. The number of rotatable bonds is 8. The van der Waals surface area contributed by atoms with Crippen LogP contribution in [-0.4, -0.2) is 43.5 Å². The molecule has 1 aliphatic rings. The summed E-state index contributed by atoms with van der Waals surface area (Å²) in [4.78, 5) is 31.4. The number of carbonyl (C=O) groups is 2. The van der Waals surface area contributed by atoms with Crippen molar-refractivity contribution in [3.63, 3.8) is 0 Å². The zero-order valence-corrected chi connectivity index (χ0v) is 19.0. The molecule has 2 aromatic heterocycles. The van der Waals surface area contributed by atoms with E-state index in [1.165, 1.54) is 15.3 Å². The fourth-order valence-corrected chi connectivity index (χ4v) is 5.69. The first-order valence-electron chi connectivity index (χ1n) is 10.1. The Kier molecular flexibility index (Phi) is 6.58. The van der Waals surface area contributed by atoms with Gasteiger partial charge in [-0.25, -0.2) is 0 Å². The molecular weight excluding hydrogens is 430 g/mol. The molecule has 2 amide bonds. The van der Waals surface area contributed by atoms with Crippen molar-refractivity contribution in [3.8, 4) is 5.75 Å². The van der Waals surface area contributed by atoms with Crippen LogP contribution in [-0.2, 0) is 16.0 Å². The molecule has 0 fully saturated rings. The number of carbonyl (C=O) groups excluding carboxylic acids is 2. The van der Waals surface area contributed by atoms with Crippen molar-refractivity contribution < 1.29 is 14.3 Å². The fraction of sp³-hybridized carbons (Fsp3) is 0.304. The number of nitrogens with two attached hydrogens (primary N) is 1. The van der Waals surface area contributed by atoms with E-state index in [1.807, 2.05) is 40.1 Å².